The fraction of sp³-hybridized carbons (Fsp3) is 0.571. The maximum Gasteiger partial charge on any atom is 0.256 e. The van der Waals surface area contributed by atoms with Crippen molar-refractivity contribution in [3.8, 4) is 5.88 Å². The van der Waals surface area contributed by atoms with Gasteiger partial charge in [-0.3, -0.25) is 9.48 Å². The van der Waals surface area contributed by atoms with Crippen LogP contribution in [-0.4, -0.2) is 38.2 Å². The van der Waals surface area contributed by atoms with E-state index < -0.39 is 0 Å². The van der Waals surface area contributed by atoms with Gasteiger partial charge in [-0.15, -0.1) is 0 Å². The average molecular weight is 368 g/mol. The molecule has 144 valence electrons. The zero-order valence-corrected chi connectivity index (χ0v) is 16.3. The van der Waals surface area contributed by atoms with Crippen molar-refractivity contribution < 1.29 is 9.53 Å². The van der Waals surface area contributed by atoms with Crippen LogP contribution in [0.5, 0.6) is 5.88 Å². The van der Waals surface area contributed by atoms with Gasteiger partial charge >= 0.3 is 0 Å². The molecule has 6 heteroatoms. The number of pyridine rings is 1. The lowest BCUT2D eigenvalue weighted by molar-refractivity contribution is 0.0660. The van der Waals surface area contributed by atoms with Crippen molar-refractivity contribution in [1.29, 1.82) is 0 Å². The van der Waals surface area contributed by atoms with E-state index >= 15 is 0 Å². The Hall–Kier alpha value is -2.37. The van der Waals surface area contributed by atoms with Gasteiger partial charge < -0.3 is 9.64 Å². The van der Waals surface area contributed by atoms with E-state index in [1.54, 1.807) is 12.3 Å². The van der Waals surface area contributed by atoms with E-state index in [4.69, 9.17) is 9.84 Å². The molecule has 2 aromatic rings. The molecular weight excluding hydrogens is 340 g/mol. The Bertz CT molecular complexity index is 806. The fourth-order valence-electron chi connectivity index (χ4n) is 4.47. The molecule has 0 saturated heterocycles. The normalized spacial score (nSPS) is 16.5. The molecule has 27 heavy (non-hydrogen) atoms. The smallest absolute Gasteiger partial charge is 0.256 e. The van der Waals surface area contributed by atoms with Crippen LogP contribution in [0.4, 0.5) is 0 Å². The van der Waals surface area contributed by atoms with Gasteiger partial charge in [-0.05, 0) is 50.7 Å². The molecule has 6 nitrogen and oxygen atoms in total. The first kappa shape index (κ1) is 18.0. The zero-order chi connectivity index (χ0) is 18.8. The number of nitrogens with zero attached hydrogens (tertiary/aromatic N) is 4. The second-order valence-corrected chi connectivity index (χ2v) is 7.54. The van der Waals surface area contributed by atoms with E-state index in [9.17, 15) is 4.79 Å². The van der Waals surface area contributed by atoms with Crippen LogP contribution in [0, 0.1) is 0 Å². The highest BCUT2D eigenvalue weighted by Gasteiger charge is 2.30. The Morgan fingerprint density at radius 3 is 2.78 bits per heavy atom. The van der Waals surface area contributed by atoms with Gasteiger partial charge in [0.15, 0.2) is 0 Å². The van der Waals surface area contributed by atoms with Crippen molar-refractivity contribution in [2.24, 2.45) is 7.05 Å². The number of carbonyl (C=O) groups is 1. The van der Waals surface area contributed by atoms with E-state index in [1.165, 1.54) is 30.5 Å². The summed E-state index contributed by atoms with van der Waals surface area (Å²) in [5, 5.41) is 4.75. The number of rotatable bonds is 6. The van der Waals surface area contributed by atoms with E-state index in [-0.39, 0.29) is 5.91 Å². The molecule has 0 radical (unpaired) electrons. The summed E-state index contributed by atoms with van der Waals surface area (Å²) in [6, 6.07) is 3.90. The third-order valence-corrected chi connectivity index (χ3v) is 5.82. The van der Waals surface area contributed by atoms with Gasteiger partial charge in [0.2, 0.25) is 5.88 Å². The molecule has 2 aromatic heterocycles. The summed E-state index contributed by atoms with van der Waals surface area (Å²) < 4.78 is 7.41. The molecule has 0 bridgehead atoms. The second kappa shape index (κ2) is 7.71. The zero-order valence-electron chi connectivity index (χ0n) is 16.3. The van der Waals surface area contributed by atoms with Crippen LogP contribution >= 0.6 is 0 Å². The maximum absolute atomic E-state index is 13.3. The van der Waals surface area contributed by atoms with Crippen LogP contribution in [-0.2, 0) is 26.4 Å². The van der Waals surface area contributed by atoms with Crippen LogP contribution in [0.15, 0.2) is 18.3 Å². The van der Waals surface area contributed by atoms with Crippen molar-refractivity contribution in [3.63, 3.8) is 0 Å². The summed E-state index contributed by atoms with van der Waals surface area (Å²) in [6.07, 6.45) is 9.53. The Morgan fingerprint density at radius 2 is 2.07 bits per heavy atom. The molecule has 0 N–H and O–H groups in total. The summed E-state index contributed by atoms with van der Waals surface area (Å²) in [4.78, 5) is 19.6. The lowest BCUT2D eigenvalue weighted by Gasteiger charge is -2.28. The summed E-state index contributed by atoms with van der Waals surface area (Å²) in [6.45, 7) is 3.09. The summed E-state index contributed by atoms with van der Waals surface area (Å²) in [5.41, 5.74) is 4.40. The van der Waals surface area contributed by atoms with Crippen LogP contribution in [0.2, 0.25) is 0 Å². The Kier molecular flexibility index (Phi) is 5.14. The predicted molar refractivity (Wildman–Crippen MR) is 103 cm³/mol. The molecule has 2 aliphatic carbocycles. The molecule has 0 atom stereocenters. The van der Waals surface area contributed by atoms with Gasteiger partial charge in [0, 0.05) is 31.0 Å². The maximum atomic E-state index is 13.3. The van der Waals surface area contributed by atoms with Gasteiger partial charge in [0.1, 0.15) is 0 Å². The summed E-state index contributed by atoms with van der Waals surface area (Å²) in [5.74, 6) is 0.610. The number of hydrogen-bond donors (Lipinski definition) is 0. The predicted octanol–water partition coefficient (Wildman–Crippen LogP) is 3.29. The molecule has 2 aliphatic rings. The van der Waals surface area contributed by atoms with Crippen molar-refractivity contribution >= 4 is 5.91 Å². The number of amides is 1. The van der Waals surface area contributed by atoms with Crippen LogP contribution in [0.25, 0.3) is 0 Å². The molecule has 0 unspecified atom stereocenters. The lowest BCUT2D eigenvalue weighted by Crippen LogP contribution is -2.38. The highest BCUT2D eigenvalue weighted by molar-refractivity contribution is 5.94. The fourth-order valence-corrected chi connectivity index (χ4v) is 4.47. The standard InChI is InChI=1S/C21H28N4O2/c1-3-27-20-12-11-15(13-22-20)21(26)25(16-7-4-5-8-16)14-18-17-9-6-10-19(17)24(2)23-18/h11-13,16H,3-10,14H2,1-2H3. The van der Waals surface area contributed by atoms with Gasteiger partial charge in [0.25, 0.3) is 5.91 Å². The molecule has 1 fully saturated rings. The van der Waals surface area contributed by atoms with Crippen LogP contribution in [0.3, 0.4) is 0 Å². The molecule has 4 rings (SSSR count). The number of carbonyl (C=O) groups excluding carboxylic acids is 1. The largest absolute Gasteiger partial charge is 0.478 e. The Balaban J connectivity index is 1.59. The van der Waals surface area contributed by atoms with Gasteiger partial charge in [0.05, 0.1) is 24.4 Å². The first-order valence-electron chi connectivity index (χ1n) is 10.1. The third kappa shape index (κ3) is 3.57. The minimum absolute atomic E-state index is 0.0508. The molecule has 1 saturated carbocycles. The van der Waals surface area contributed by atoms with Gasteiger partial charge in [-0.25, -0.2) is 4.98 Å². The summed E-state index contributed by atoms with van der Waals surface area (Å²) in [7, 11) is 2.02. The van der Waals surface area contributed by atoms with Gasteiger partial charge in [-0.1, -0.05) is 12.8 Å². The molecule has 0 spiro atoms. The molecule has 2 heterocycles. The topological polar surface area (TPSA) is 60.2 Å². The molecule has 0 aliphatic heterocycles. The van der Waals surface area contributed by atoms with Crippen molar-refractivity contribution in [2.45, 2.75) is 64.5 Å². The van der Waals surface area contributed by atoms with Gasteiger partial charge in [-0.2, -0.15) is 5.10 Å². The number of hydrogen-bond acceptors (Lipinski definition) is 4. The third-order valence-electron chi connectivity index (χ3n) is 5.82. The first-order valence-corrected chi connectivity index (χ1v) is 10.1. The van der Waals surface area contributed by atoms with Crippen LogP contribution in [0.1, 0.15) is 66.3 Å². The van der Waals surface area contributed by atoms with E-state index in [0.717, 1.165) is 31.4 Å². The Labute approximate surface area is 160 Å². The number of ether oxygens (including phenoxy) is 1. The first-order chi connectivity index (χ1) is 13.2. The number of aromatic nitrogens is 3. The minimum atomic E-state index is 0.0508. The SMILES string of the molecule is CCOc1ccc(C(=O)N(Cc2nn(C)c3c2CCC3)C2CCCC2)cn1. The van der Waals surface area contributed by atoms with E-state index in [1.807, 2.05) is 29.6 Å². The van der Waals surface area contributed by atoms with Crippen molar-refractivity contribution in [3.05, 3.63) is 40.8 Å². The monoisotopic (exact) mass is 368 g/mol. The van der Waals surface area contributed by atoms with E-state index in [2.05, 4.69) is 4.98 Å². The summed E-state index contributed by atoms with van der Waals surface area (Å²) >= 11 is 0. The van der Waals surface area contributed by atoms with E-state index in [0.29, 0.717) is 30.6 Å². The van der Waals surface area contributed by atoms with Crippen molar-refractivity contribution in [1.82, 2.24) is 19.7 Å². The highest BCUT2D eigenvalue weighted by Crippen LogP contribution is 2.30. The highest BCUT2D eigenvalue weighted by atomic mass is 16.5. The number of fused-ring (bicyclic) bond motifs is 1. The van der Waals surface area contributed by atoms with Crippen LogP contribution < -0.4 is 4.74 Å². The molecular formula is C21H28N4O2. The van der Waals surface area contributed by atoms with Crippen molar-refractivity contribution in [2.75, 3.05) is 6.61 Å². The second-order valence-electron chi connectivity index (χ2n) is 7.54. The molecule has 1 amide bonds. The number of aryl methyl sites for hydroxylation is 1. The Morgan fingerprint density at radius 1 is 1.26 bits per heavy atom. The minimum Gasteiger partial charge on any atom is -0.478 e. The molecule has 0 aromatic carbocycles. The quantitative estimate of drug-likeness (QED) is 0.785. The average Bonchev–Trinajstić information content (AvgIpc) is 3.41. The lowest BCUT2D eigenvalue weighted by atomic mass is 10.1.